The van der Waals surface area contributed by atoms with Crippen LogP contribution in [0.3, 0.4) is 0 Å². The molecule has 0 aromatic rings. The third-order valence-electron chi connectivity index (χ3n) is 3.71. The number of aliphatic hydroxyl groups excluding tert-OH is 1. The minimum Gasteiger partial charge on any atom is -0.466 e. The molecular formula is C13H19NO5. The molecule has 6 nitrogen and oxygen atoms in total. The van der Waals surface area contributed by atoms with Crippen LogP contribution < -0.4 is 0 Å². The summed E-state index contributed by atoms with van der Waals surface area (Å²) in [6.07, 6.45) is 0.571. The van der Waals surface area contributed by atoms with Crippen molar-refractivity contribution >= 4 is 11.7 Å². The summed E-state index contributed by atoms with van der Waals surface area (Å²) < 4.78 is 15.8. The second kappa shape index (κ2) is 5.03. The molecule has 1 aliphatic carbocycles. The van der Waals surface area contributed by atoms with Gasteiger partial charge in [0.15, 0.2) is 0 Å². The van der Waals surface area contributed by atoms with E-state index in [0.717, 1.165) is 0 Å². The first-order valence-electron chi connectivity index (χ1n) is 6.16. The predicted octanol–water partition coefficient (Wildman–Crippen LogP) is 0.441. The smallest absolute Gasteiger partial charge is 0.333 e. The number of methoxy groups -OCH3 is 2. The molecule has 0 bridgehead atoms. The first-order valence-corrected chi connectivity index (χ1v) is 6.16. The van der Waals surface area contributed by atoms with Crippen LogP contribution in [0.25, 0.3) is 0 Å². The fourth-order valence-electron chi connectivity index (χ4n) is 2.36. The Morgan fingerprint density at radius 3 is 2.84 bits per heavy atom. The van der Waals surface area contributed by atoms with Gasteiger partial charge in [-0.05, 0) is 19.9 Å². The average Bonchev–Trinajstić information content (AvgIpc) is 2.40. The first-order chi connectivity index (χ1) is 8.91. The number of carbonyl (C=O) groups is 1. The van der Waals surface area contributed by atoms with E-state index in [9.17, 15) is 9.90 Å². The lowest BCUT2D eigenvalue weighted by molar-refractivity contribution is -0.219. The second-order valence-electron chi connectivity index (χ2n) is 4.89. The molecule has 2 rings (SSSR count). The van der Waals surface area contributed by atoms with Crippen LogP contribution in [0.2, 0.25) is 0 Å². The minimum atomic E-state index is -0.932. The SMILES string of the molecule is COC(=O)C1=C[C@H]2N=C(C)[C@](C)(OC)O[C@H]2[C@H](O)C1. The summed E-state index contributed by atoms with van der Waals surface area (Å²) in [5, 5.41) is 10.1. The van der Waals surface area contributed by atoms with E-state index in [0.29, 0.717) is 11.3 Å². The predicted molar refractivity (Wildman–Crippen MR) is 67.9 cm³/mol. The van der Waals surface area contributed by atoms with Gasteiger partial charge in [0.25, 0.3) is 0 Å². The molecule has 0 aromatic carbocycles. The maximum atomic E-state index is 11.5. The van der Waals surface area contributed by atoms with E-state index < -0.39 is 24.0 Å². The van der Waals surface area contributed by atoms with Gasteiger partial charge in [0.05, 0.1) is 25.0 Å². The van der Waals surface area contributed by atoms with Gasteiger partial charge in [0, 0.05) is 19.1 Å². The fourth-order valence-corrected chi connectivity index (χ4v) is 2.36. The highest BCUT2D eigenvalue weighted by Crippen LogP contribution is 2.33. The lowest BCUT2D eigenvalue weighted by Gasteiger charge is -2.42. The van der Waals surface area contributed by atoms with Crippen LogP contribution in [-0.4, -0.2) is 55.0 Å². The zero-order valence-electron chi connectivity index (χ0n) is 11.5. The highest BCUT2D eigenvalue weighted by molar-refractivity contribution is 5.91. The summed E-state index contributed by atoms with van der Waals surface area (Å²) in [7, 11) is 2.85. The van der Waals surface area contributed by atoms with E-state index in [-0.39, 0.29) is 12.5 Å². The van der Waals surface area contributed by atoms with Crippen molar-refractivity contribution in [3.8, 4) is 0 Å². The van der Waals surface area contributed by atoms with Gasteiger partial charge in [-0.15, -0.1) is 0 Å². The Hall–Kier alpha value is -1.24. The lowest BCUT2D eigenvalue weighted by Crippen LogP contribution is -2.55. The van der Waals surface area contributed by atoms with E-state index in [1.807, 2.05) is 0 Å². The highest BCUT2D eigenvalue weighted by Gasteiger charge is 2.45. The van der Waals surface area contributed by atoms with Gasteiger partial charge in [0.1, 0.15) is 6.10 Å². The van der Waals surface area contributed by atoms with Gasteiger partial charge < -0.3 is 19.3 Å². The lowest BCUT2D eigenvalue weighted by atomic mass is 9.89. The van der Waals surface area contributed by atoms with Crippen LogP contribution >= 0.6 is 0 Å². The maximum absolute atomic E-state index is 11.5. The Bertz CT molecular complexity index is 444. The molecule has 1 heterocycles. The molecular weight excluding hydrogens is 250 g/mol. The van der Waals surface area contributed by atoms with Gasteiger partial charge in [-0.1, -0.05) is 0 Å². The molecule has 0 saturated heterocycles. The molecule has 4 atom stereocenters. The van der Waals surface area contributed by atoms with Crippen LogP contribution in [0.5, 0.6) is 0 Å². The standard InChI is InChI=1S/C13H19NO5/c1-7-13(2,18-4)19-11-9(14-7)5-8(6-10(11)15)12(16)17-3/h5,9-11,15H,6H2,1-4H3/t9-,10-,11-,13-/m1/s1. The summed E-state index contributed by atoms with van der Waals surface area (Å²) in [5.41, 5.74) is 1.10. The zero-order chi connectivity index (χ0) is 14.2. The van der Waals surface area contributed by atoms with Crippen molar-refractivity contribution in [3.63, 3.8) is 0 Å². The van der Waals surface area contributed by atoms with Crippen LogP contribution in [0, 0.1) is 0 Å². The van der Waals surface area contributed by atoms with Crippen molar-refractivity contribution in [1.82, 2.24) is 0 Å². The Morgan fingerprint density at radius 2 is 2.26 bits per heavy atom. The number of hydrogen-bond donors (Lipinski definition) is 1. The second-order valence-corrected chi connectivity index (χ2v) is 4.89. The minimum absolute atomic E-state index is 0.197. The number of carbonyl (C=O) groups excluding carboxylic acids is 1. The van der Waals surface area contributed by atoms with Gasteiger partial charge in [-0.2, -0.15) is 0 Å². The molecule has 0 radical (unpaired) electrons. The van der Waals surface area contributed by atoms with Crippen LogP contribution in [0.1, 0.15) is 20.3 Å². The van der Waals surface area contributed by atoms with E-state index >= 15 is 0 Å². The number of fused-ring (bicyclic) bond motifs is 1. The van der Waals surface area contributed by atoms with Crippen molar-refractivity contribution in [3.05, 3.63) is 11.6 Å². The third kappa shape index (κ3) is 2.43. The fraction of sp³-hybridized carbons (Fsp3) is 0.692. The molecule has 2 aliphatic rings. The van der Waals surface area contributed by atoms with E-state index in [4.69, 9.17) is 9.47 Å². The van der Waals surface area contributed by atoms with Crippen LogP contribution in [0.15, 0.2) is 16.6 Å². The number of esters is 1. The van der Waals surface area contributed by atoms with E-state index in [1.165, 1.54) is 14.2 Å². The molecule has 0 spiro atoms. The van der Waals surface area contributed by atoms with Crippen molar-refractivity contribution in [2.75, 3.05) is 14.2 Å². The van der Waals surface area contributed by atoms with Crippen molar-refractivity contribution in [1.29, 1.82) is 0 Å². The average molecular weight is 269 g/mol. The van der Waals surface area contributed by atoms with E-state index in [2.05, 4.69) is 9.73 Å². The van der Waals surface area contributed by atoms with Gasteiger partial charge in [-0.3, -0.25) is 4.99 Å². The van der Waals surface area contributed by atoms with Gasteiger partial charge >= 0.3 is 5.97 Å². The third-order valence-corrected chi connectivity index (χ3v) is 3.71. The first kappa shape index (κ1) is 14.2. The number of ether oxygens (including phenoxy) is 3. The van der Waals surface area contributed by atoms with Crippen LogP contribution in [0.4, 0.5) is 0 Å². The van der Waals surface area contributed by atoms with Crippen molar-refractivity contribution in [2.45, 2.75) is 44.3 Å². The van der Waals surface area contributed by atoms with Gasteiger partial charge in [-0.25, -0.2) is 4.79 Å². The largest absolute Gasteiger partial charge is 0.466 e. The monoisotopic (exact) mass is 269 g/mol. The maximum Gasteiger partial charge on any atom is 0.333 e. The molecule has 106 valence electrons. The van der Waals surface area contributed by atoms with Crippen molar-refractivity contribution in [2.24, 2.45) is 4.99 Å². The molecule has 1 N–H and O–H groups in total. The highest BCUT2D eigenvalue weighted by atomic mass is 16.7. The molecule has 6 heteroatoms. The van der Waals surface area contributed by atoms with Gasteiger partial charge in [0.2, 0.25) is 5.79 Å². The molecule has 0 aromatic heterocycles. The Kier molecular flexibility index (Phi) is 3.75. The summed E-state index contributed by atoms with van der Waals surface area (Å²) in [4.78, 5) is 16.0. The number of hydrogen-bond acceptors (Lipinski definition) is 6. The van der Waals surface area contributed by atoms with Crippen molar-refractivity contribution < 1.29 is 24.1 Å². The molecule has 0 saturated carbocycles. The molecule has 0 unspecified atom stereocenters. The summed E-state index contributed by atoms with van der Waals surface area (Å²) in [6, 6.07) is -0.388. The van der Waals surface area contributed by atoms with Crippen LogP contribution in [-0.2, 0) is 19.0 Å². The summed E-state index contributed by atoms with van der Waals surface area (Å²) >= 11 is 0. The Morgan fingerprint density at radius 1 is 1.58 bits per heavy atom. The Labute approximate surface area is 112 Å². The quantitative estimate of drug-likeness (QED) is 0.736. The number of aliphatic hydroxyl groups is 1. The zero-order valence-corrected chi connectivity index (χ0v) is 11.5. The number of aliphatic imine (C=N–C) groups is 1. The molecule has 1 aliphatic heterocycles. The summed E-state index contributed by atoms with van der Waals surface area (Å²) in [6.45, 7) is 3.56. The Balaban J connectivity index is 2.34. The normalized spacial score (nSPS) is 38.1. The van der Waals surface area contributed by atoms with E-state index in [1.54, 1.807) is 19.9 Å². The molecule has 19 heavy (non-hydrogen) atoms. The number of nitrogens with zero attached hydrogens (tertiary/aromatic N) is 1. The number of rotatable bonds is 2. The summed E-state index contributed by atoms with van der Waals surface area (Å²) in [5.74, 6) is -1.37. The molecule has 0 amide bonds. The topological polar surface area (TPSA) is 77.4 Å². The molecule has 0 fully saturated rings.